The second-order valence-electron chi connectivity index (χ2n) is 9.87. The summed E-state index contributed by atoms with van der Waals surface area (Å²) in [6, 6.07) is 22.2. The Bertz CT molecular complexity index is 1830. The van der Waals surface area contributed by atoms with E-state index in [0.717, 1.165) is 11.1 Å². The van der Waals surface area contributed by atoms with E-state index in [1.165, 1.54) is 9.58 Å². The maximum Gasteiger partial charge on any atom is 0.325 e. The van der Waals surface area contributed by atoms with E-state index in [1.807, 2.05) is 24.3 Å². The maximum absolute atomic E-state index is 13.1. The van der Waals surface area contributed by atoms with Gasteiger partial charge in [-0.25, -0.2) is 9.98 Å². The number of aryl methyl sites for hydroxylation is 1. The number of carbonyl (C=O) groups is 2. The van der Waals surface area contributed by atoms with Gasteiger partial charge in [0.15, 0.2) is 17.7 Å². The van der Waals surface area contributed by atoms with Gasteiger partial charge in [0, 0.05) is 18.3 Å². The number of anilines is 1. The summed E-state index contributed by atoms with van der Waals surface area (Å²) in [7, 11) is 3.18. The van der Waals surface area contributed by atoms with Crippen LogP contribution >= 0.6 is 12.2 Å². The van der Waals surface area contributed by atoms with Crippen molar-refractivity contribution < 1.29 is 28.3 Å². The number of oxazole rings is 1. The molecule has 0 aliphatic carbocycles. The molecule has 1 N–H and O–H groups in total. The summed E-state index contributed by atoms with van der Waals surface area (Å²) in [5.74, 6) is -0.752. The van der Waals surface area contributed by atoms with Crippen molar-refractivity contribution in [2.24, 2.45) is 12.0 Å². The maximum atomic E-state index is 13.1. The van der Waals surface area contributed by atoms with E-state index in [-0.39, 0.29) is 35.8 Å². The summed E-state index contributed by atoms with van der Waals surface area (Å²) < 4.78 is 12.5. The largest absolute Gasteiger partial charge is 0.858 e. The highest BCUT2D eigenvalue weighted by molar-refractivity contribution is 7.80. The first-order chi connectivity index (χ1) is 20.8. The minimum absolute atomic E-state index is 0.0108. The number of amides is 2. The van der Waals surface area contributed by atoms with E-state index in [9.17, 15) is 14.7 Å². The van der Waals surface area contributed by atoms with E-state index in [1.54, 1.807) is 73.6 Å². The number of aliphatic imine (C=N–C) groups is 1. The number of nitrogens with one attached hydrogen (secondary N) is 1. The van der Waals surface area contributed by atoms with Crippen LogP contribution in [0.4, 0.5) is 11.6 Å². The third kappa shape index (κ3) is 5.57. The fourth-order valence-electron chi connectivity index (χ4n) is 4.73. The zero-order valence-corrected chi connectivity index (χ0v) is 23.9. The molecule has 1 saturated heterocycles. The van der Waals surface area contributed by atoms with Crippen LogP contribution in [-0.4, -0.2) is 56.0 Å². The summed E-state index contributed by atoms with van der Waals surface area (Å²) in [6.07, 6.45) is -0.166. The summed E-state index contributed by atoms with van der Waals surface area (Å²) in [5, 5.41) is 19.6. The van der Waals surface area contributed by atoms with Crippen LogP contribution in [-0.2, 0) is 23.2 Å². The SMILES string of the molecule is CN1C(=O)C(CC(=O)Nc2ccc(-c3nc4ccccc4o3)cc2)N(Cc2c(/N=C(\[O-])c3ccccc3)on[n+]2C)C1=S. The van der Waals surface area contributed by atoms with Gasteiger partial charge in [-0.3, -0.25) is 19.0 Å². The lowest BCUT2D eigenvalue weighted by Gasteiger charge is -2.21. The molecule has 5 aromatic rings. The van der Waals surface area contributed by atoms with Gasteiger partial charge in [-0.15, -0.1) is 0 Å². The first kappa shape index (κ1) is 27.7. The zero-order chi connectivity index (χ0) is 30.1. The highest BCUT2D eigenvalue weighted by Crippen LogP contribution is 2.27. The van der Waals surface area contributed by atoms with Gasteiger partial charge in [-0.05, 0) is 64.8 Å². The molecule has 1 unspecified atom stereocenters. The normalized spacial score (nSPS) is 15.5. The summed E-state index contributed by atoms with van der Waals surface area (Å²) in [5.41, 5.74) is 3.54. The lowest BCUT2D eigenvalue weighted by atomic mass is 10.1. The smallest absolute Gasteiger partial charge is 0.325 e. The molecule has 0 saturated carbocycles. The van der Waals surface area contributed by atoms with Crippen molar-refractivity contribution in [3.05, 3.63) is 90.1 Å². The number of hydrogen-bond donors (Lipinski definition) is 1. The van der Waals surface area contributed by atoms with Crippen molar-refractivity contribution in [3.63, 3.8) is 0 Å². The molecule has 1 aliphatic rings. The van der Waals surface area contributed by atoms with Gasteiger partial charge in [0.25, 0.3) is 11.6 Å². The van der Waals surface area contributed by atoms with Gasteiger partial charge in [0.1, 0.15) is 18.1 Å². The molecule has 3 heterocycles. The van der Waals surface area contributed by atoms with Crippen molar-refractivity contribution in [2.75, 3.05) is 12.4 Å². The Kier molecular flexibility index (Phi) is 7.38. The van der Waals surface area contributed by atoms with Crippen LogP contribution in [0.5, 0.6) is 0 Å². The van der Waals surface area contributed by atoms with Crippen LogP contribution < -0.4 is 15.1 Å². The lowest BCUT2D eigenvalue weighted by Crippen LogP contribution is -2.42. The van der Waals surface area contributed by atoms with Gasteiger partial charge in [0.05, 0.1) is 6.42 Å². The zero-order valence-electron chi connectivity index (χ0n) is 23.1. The van der Waals surface area contributed by atoms with Gasteiger partial charge >= 0.3 is 5.88 Å². The van der Waals surface area contributed by atoms with Crippen LogP contribution in [0.15, 0.2) is 92.8 Å². The Balaban J connectivity index is 1.17. The number of thiocarbonyl (C=S) groups is 1. The fourth-order valence-corrected chi connectivity index (χ4v) is 5.01. The van der Waals surface area contributed by atoms with Crippen LogP contribution in [0.3, 0.4) is 0 Å². The molecule has 1 fully saturated rings. The van der Waals surface area contributed by atoms with Crippen LogP contribution in [0.1, 0.15) is 17.7 Å². The van der Waals surface area contributed by atoms with Gasteiger partial charge < -0.3 is 19.7 Å². The Morgan fingerprint density at radius 3 is 2.56 bits per heavy atom. The Morgan fingerprint density at radius 1 is 1.09 bits per heavy atom. The van der Waals surface area contributed by atoms with Crippen LogP contribution in [0.2, 0.25) is 0 Å². The molecular weight excluding hydrogens is 570 g/mol. The Morgan fingerprint density at radius 2 is 1.81 bits per heavy atom. The predicted octanol–water partition coefficient (Wildman–Crippen LogP) is 2.70. The number of benzene rings is 3. The monoisotopic (exact) mass is 595 g/mol. The van der Waals surface area contributed by atoms with Crippen molar-refractivity contribution in [1.82, 2.24) is 20.1 Å². The summed E-state index contributed by atoms with van der Waals surface area (Å²) in [6.45, 7) is 0.0347. The minimum atomic E-state index is -0.885. The van der Waals surface area contributed by atoms with Crippen molar-refractivity contribution >= 4 is 57.7 Å². The molecule has 0 spiro atoms. The van der Waals surface area contributed by atoms with Crippen molar-refractivity contribution in [1.29, 1.82) is 0 Å². The van der Waals surface area contributed by atoms with Crippen molar-refractivity contribution in [2.45, 2.75) is 19.0 Å². The molecule has 13 heteroatoms. The standard InChI is InChI=1S/C30H25N7O5S/c1-35-29(40)22(16-25(38)31-20-14-12-19(13-15-20)27-32-21-10-6-7-11-24(21)41-27)37(30(35)43)17-23-28(42-34-36(23)2)33-26(39)18-8-4-3-5-9-18/h3-15,22H,16-17H2,1-2H3,(H-,31,32,33,34,38,39). The molecule has 1 aliphatic heterocycles. The third-order valence-corrected chi connectivity index (χ3v) is 7.55. The highest BCUT2D eigenvalue weighted by atomic mass is 32.1. The molecule has 2 amide bonds. The van der Waals surface area contributed by atoms with E-state index < -0.39 is 11.9 Å². The van der Waals surface area contributed by atoms with Gasteiger partial charge in [-0.1, -0.05) is 42.5 Å². The summed E-state index contributed by atoms with van der Waals surface area (Å²) in [4.78, 5) is 37.7. The van der Waals surface area contributed by atoms with Gasteiger partial charge in [0.2, 0.25) is 17.1 Å². The molecule has 0 radical (unpaired) electrons. The van der Waals surface area contributed by atoms with Crippen LogP contribution in [0, 0.1) is 0 Å². The minimum Gasteiger partial charge on any atom is -0.858 e. The predicted molar refractivity (Wildman–Crippen MR) is 158 cm³/mol. The average molecular weight is 596 g/mol. The van der Waals surface area contributed by atoms with E-state index in [4.69, 9.17) is 21.2 Å². The first-order valence-electron chi connectivity index (χ1n) is 13.3. The second-order valence-corrected chi connectivity index (χ2v) is 10.2. The number of likely N-dealkylation sites (N-methyl/N-ethyl adjacent to an activating group) is 1. The third-order valence-electron chi connectivity index (χ3n) is 7.04. The number of hydrogen-bond acceptors (Lipinski definition) is 9. The number of rotatable bonds is 8. The van der Waals surface area contributed by atoms with E-state index in [2.05, 4.69) is 20.6 Å². The topological polar surface area (TPSA) is 144 Å². The quantitative estimate of drug-likeness (QED) is 0.124. The Labute approximate surface area is 250 Å². The lowest BCUT2D eigenvalue weighted by molar-refractivity contribution is -0.746. The molecular formula is C30H25N7O5S. The van der Waals surface area contributed by atoms with E-state index >= 15 is 0 Å². The fraction of sp³-hybridized carbons (Fsp3) is 0.167. The number of aromatic nitrogens is 3. The molecule has 3 aromatic carbocycles. The van der Waals surface area contributed by atoms with Gasteiger partial charge in [-0.2, -0.15) is 0 Å². The Hall–Kier alpha value is -5.43. The molecule has 1 atom stereocenters. The van der Waals surface area contributed by atoms with E-state index in [0.29, 0.717) is 28.4 Å². The first-order valence-corrected chi connectivity index (χ1v) is 13.7. The molecule has 43 heavy (non-hydrogen) atoms. The average Bonchev–Trinajstić information content (AvgIpc) is 3.66. The number of carbonyl (C=O) groups excluding carboxylic acids is 2. The number of para-hydroxylation sites is 2. The van der Waals surface area contributed by atoms with Crippen LogP contribution in [0.25, 0.3) is 22.6 Å². The van der Waals surface area contributed by atoms with Crippen molar-refractivity contribution in [3.8, 4) is 11.5 Å². The number of fused-ring (bicyclic) bond motifs is 1. The molecule has 12 nitrogen and oxygen atoms in total. The highest BCUT2D eigenvalue weighted by Gasteiger charge is 2.43. The number of nitrogens with zero attached hydrogens (tertiary/aromatic N) is 6. The molecule has 0 bridgehead atoms. The molecule has 216 valence electrons. The molecule has 2 aromatic heterocycles. The molecule has 6 rings (SSSR count). The summed E-state index contributed by atoms with van der Waals surface area (Å²) >= 11 is 5.54. The second kappa shape index (κ2) is 11.4.